The Morgan fingerprint density at radius 1 is 1.12 bits per heavy atom. The average molecular weight is 247 g/mol. The number of carboxylic acid groups (broad SMARTS) is 1. The molecule has 0 amide bonds. The smallest absolute Gasteiger partial charge is 0.331 e. The Morgan fingerprint density at radius 3 is 2.29 bits per heavy atom. The second-order valence-corrected chi connectivity index (χ2v) is 4.07. The summed E-state index contributed by atoms with van der Waals surface area (Å²) in [5, 5.41) is 8.52. The third-order valence-electron chi connectivity index (χ3n) is 2.42. The molecule has 0 aliphatic heterocycles. The molecule has 0 aliphatic rings. The zero-order chi connectivity index (χ0) is 13.1. The standard InChI is InChI=1S/C13H22O4/c1-3-4-5-6-7-8-9-17-12(14)10-11(2)13(15)16/h2-10H2,1H3,(H,15,16)/i2+1,10+1,11+1,12+1,13+1. The van der Waals surface area contributed by atoms with Crippen LogP contribution < -0.4 is 0 Å². The van der Waals surface area contributed by atoms with E-state index in [1.54, 1.807) is 0 Å². The topological polar surface area (TPSA) is 63.6 Å². The van der Waals surface area contributed by atoms with Crippen LogP contribution in [0.2, 0.25) is 0 Å². The maximum atomic E-state index is 11.1. The van der Waals surface area contributed by atoms with Crippen LogP contribution in [0.4, 0.5) is 0 Å². The van der Waals surface area contributed by atoms with Crippen LogP contribution >= 0.6 is 0 Å². The van der Waals surface area contributed by atoms with E-state index in [2.05, 4.69) is 13.5 Å². The number of aliphatic carboxylic acids is 1. The monoisotopic (exact) mass is 247 g/mol. The van der Waals surface area contributed by atoms with Crippen molar-refractivity contribution in [3.63, 3.8) is 0 Å². The van der Waals surface area contributed by atoms with Crippen molar-refractivity contribution in [1.82, 2.24) is 0 Å². The largest absolute Gasteiger partial charge is 0.478 e. The minimum Gasteiger partial charge on any atom is -0.478 e. The van der Waals surface area contributed by atoms with Gasteiger partial charge < -0.3 is 9.84 Å². The second kappa shape index (κ2) is 9.87. The minimum absolute atomic E-state index is 0.127. The molecular weight excluding hydrogens is 225 g/mol. The molecule has 4 heteroatoms. The van der Waals surface area contributed by atoms with Crippen LogP contribution in [0.5, 0.6) is 0 Å². The lowest BCUT2D eigenvalue weighted by Crippen LogP contribution is -2.10. The number of carbonyl (C=O) groups is 2. The van der Waals surface area contributed by atoms with Gasteiger partial charge in [0.15, 0.2) is 0 Å². The molecule has 0 unspecified atom stereocenters. The normalized spacial score (nSPS) is 9.94. The average Bonchev–Trinajstić information content (AvgIpc) is 2.27. The highest BCUT2D eigenvalue weighted by Crippen LogP contribution is 2.06. The van der Waals surface area contributed by atoms with E-state index in [9.17, 15) is 9.59 Å². The van der Waals surface area contributed by atoms with Gasteiger partial charge in [0, 0.05) is 5.57 Å². The summed E-state index contributed by atoms with van der Waals surface area (Å²) in [5.74, 6) is -1.66. The summed E-state index contributed by atoms with van der Waals surface area (Å²) < 4.78 is 4.91. The number of carbonyl (C=O) groups excluding carboxylic acids is 1. The Hall–Kier alpha value is -1.32. The van der Waals surface area contributed by atoms with Crippen LogP contribution in [-0.4, -0.2) is 23.7 Å². The number of ether oxygens (including phenoxy) is 1. The van der Waals surface area contributed by atoms with Gasteiger partial charge in [0.2, 0.25) is 0 Å². The molecule has 0 rings (SSSR count). The molecule has 0 atom stereocenters. The molecule has 0 radical (unpaired) electrons. The maximum absolute atomic E-state index is 11.1. The highest BCUT2D eigenvalue weighted by atomic mass is 16.6. The Balaban J connectivity index is 3.39. The van der Waals surface area contributed by atoms with Crippen molar-refractivity contribution in [2.75, 3.05) is 6.61 Å². The van der Waals surface area contributed by atoms with Gasteiger partial charge in [-0.05, 0) is 6.42 Å². The van der Waals surface area contributed by atoms with E-state index in [0.717, 1.165) is 19.3 Å². The van der Waals surface area contributed by atoms with Crippen molar-refractivity contribution in [3.05, 3.63) is 12.2 Å². The lowest BCUT2D eigenvalue weighted by atomic mass is 10.1. The van der Waals surface area contributed by atoms with Crippen LogP contribution in [0.1, 0.15) is 51.9 Å². The molecule has 17 heavy (non-hydrogen) atoms. The number of hydrogen-bond donors (Lipinski definition) is 1. The molecule has 0 saturated carbocycles. The Kier molecular flexibility index (Phi) is 9.11. The Labute approximate surface area is 103 Å². The number of carboxylic acids is 1. The molecule has 0 aromatic heterocycles. The van der Waals surface area contributed by atoms with Crippen LogP contribution in [0.3, 0.4) is 0 Å². The van der Waals surface area contributed by atoms with Gasteiger partial charge in [-0.3, -0.25) is 4.79 Å². The first-order valence-electron chi connectivity index (χ1n) is 6.14. The summed E-state index contributed by atoms with van der Waals surface area (Å²) in [6.07, 6.45) is 6.51. The number of rotatable bonds is 10. The van der Waals surface area contributed by atoms with Gasteiger partial charge in [0.05, 0.1) is 13.0 Å². The van der Waals surface area contributed by atoms with E-state index in [0.29, 0.717) is 6.61 Å². The summed E-state index contributed by atoms with van der Waals surface area (Å²) in [7, 11) is 0. The number of unbranched alkanes of at least 4 members (excludes halogenated alkanes) is 5. The Morgan fingerprint density at radius 2 is 1.71 bits per heavy atom. The summed E-state index contributed by atoms with van der Waals surface area (Å²) in [6.45, 7) is 5.81. The number of esters is 1. The first kappa shape index (κ1) is 15.7. The third kappa shape index (κ3) is 9.60. The molecule has 1 N–H and O–H groups in total. The van der Waals surface area contributed by atoms with Gasteiger partial charge >= 0.3 is 11.9 Å². The van der Waals surface area contributed by atoms with Gasteiger partial charge in [0.1, 0.15) is 0 Å². The van der Waals surface area contributed by atoms with E-state index in [-0.39, 0.29) is 12.0 Å². The van der Waals surface area contributed by atoms with Crippen LogP contribution in [-0.2, 0) is 14.3 Å². The second-order valence-electron chi connectivity index (χ2n) is 4.07. The van der Waals surface area contributed by atoms with Crippen molar-refractivity contribution < 1.29 is 19.4 Å². The highest BCUT2D eigenvalue weighted by Gasteiger charge is 2.10. The molecule has 0 bridgehead atoms. The molecule has 0 aromatic carbocycles. The molecule has 98 valence electrons. The predicted molar refractivity (Wildman–Crippen MR) is 65.7 cm³/mol. The molecule has 4 nitrogen and oxygen atoms in total. The predicted octanol–water partition coefficient (Wildman–Crippen LogP) is 2.92. The lowest BCUT2D eigenvalue weighted by Gasteiger charge is -2.04. The van der Waals surface area contributed by atoms with E-state index in [1.807, 2.05) is 0 Å². The van der Waals surface area contributed by atoms with Gasteiger partial charge in [-0.1, -0.05) is 45.6 Å². The molecular formula is C13H22O4. The minimum atomic E-state index is -1.15. The van der Waals surface area contributed by atoms with E-state index in [1.165, 1.54) is 19.3 Å². The van der Waals surface area contributed by atoms with Gasteiger partial charge in [-0.15, -0.1) is 0 Å². The fraction of sp³-hybridized carbons (Fsp3) is 0.692. The molecule has 0 aromatic rings. The Bertz CT molecular complexity index is 258. The van der Waals surface area contributed by atoms with Crippen molar-refractivity contribution in [1.29, 1.82) is 0 Å². The molecule has 0 aliphatic carbocycles. The van der Waals surface area contributed by atoms with Crippen molar-refractivity contribution in [3.8, 4) is 0 Å². The quantitative estimate of drug-likeness (QED) is 0.279. The first-order chi connectivity index (χ1) is 8.07. The van der Waals surface area contributed by atoms with Gasteiger partial charge in [-0.2, -0.15) is 0 Å². The van der Waals surface area contributed by atoms with Gasteiger partial charge in [0.25, 0.3) is 0 Å². The van der Waals surface area contributed by atoms with Crippen molar-refractivity contribution in [2.24, 2.45) is 0 Å². The molecule has 0 saturated heterocycles. The molecule has 0 fully saturated rings. The summed E-state index contributed by atoms with van der Waals surface area (Å²) in [5.41, 5.74) is -0.127. The van der Waals surface area contributed by atoms with Crippen LogP contribution in [0.25, 0.3) is 0 Å². The molecule has 0 heterocycles. The number of hydrogen-bond acceptors (Lipinski definition) is 3. The van der Waals surface area contributed by atoms with Crippen LogP contribution in [0.15, 0.2) is 12.2 Å². The van der Waals surface area contributed by atoms with E-state index in [4.69, 9.17) is 9.84 Å². The third-order valence-corrected chi connectivity index (χ3v) is 2.42. The van der Waals surface area contributed by atoms with Crippen molar-refractivity contribution in [2.45, 2.75) is 51.9 Å². The fourth-order valence-electron chi connectivity index (χ4n) is 1.37. The van der Waals surface area contributed by atoms with Crippen molar-refractivity contribution >= 4 is 11.9 Å². The SMILES string of the molecule is CCCCCCCCO[13C](=O)[13CH2][13C](=[13CH2])[13C](=O)O. The summed E-state index contributed by atoms with van der Waals surface area (Å²) >= 11 is 0. The van der Waals surface area contributed by atoms with Gasteiger partial charge in [-0.25, -0.2) is 4.79 Å². The first-order valence-corrected chi connectivity index (χ1v) is 6.14. The fourth-order valence-corrected chi connectivity index (χ4v) is 1.37. The summed E-state index contributed by atoms with van der Waals surface area (Å²) in [4.78, 5) is 21.6. The van der Waals surface area contributed by atoms with E-state index < -0.39 is 11.9 Å². The maximum Gasteiger partial charge on any atom is 0.331 e. The lowest BCUT2D eigenvalue weighted by molar-refractivity contribution is -0.144. The van der Waals surface area contributed by atoms with E-state index >= 15 is 0 Å². The zero-order valence-corrected chi connectivity index (χ0v) is 10.5. The highest BCUT2D eigenvalue weighted by molar-refractivity contribution is 5.91. The zero-order valence-electron chi connectivity index (χ0n) is 10.5. The van der Waals surface area contributed by atoms with Crippen LogP contribution in [0, 0.1) is 0 Å². The molecule has 0 spiro atoms. The summed E-state index contributed by atoms with van der Waals surface area (Å²) in [6, 6.07) is 0.